The van der Waals surface area contributed by atoms with Gasteiger partial charge in [-0.3, -0.25) is 9.59 Å². The molecule has 0 aromatic heterocycles. The molecule has 0 radical (unpaired) electrons. The number of hydrogen-bond acceptors (Lipinski definition) is 4. The van der Waals surface area contributed by atoms with Crippen LogP contribution in [0.2, 0.25) is 5.02 Å². The van der Waals surface area contributed by atoms with Crippen molar-refractivity contribution >= 4 is 29.2 Å². The number of carbonyl (C=O) groups is 2. The fourth-order valence-electron chi connectivity index (χ4n) is 1.47. The summed E-state index contributed by atoms with van der Waals surface area (Å²) in [4.78, 5) is 21.5. The molecule has 1 amide bonds. The number of carboxylic acid groups (broad SMARTS) is 1. The fraction of sp³-hybridized carbons (Fsp3) is 0.333. The van der Waals surface area contributed by atoms with Gasteiger partial charge < -0.3 is 20.9 Å². The Morgan fingerprint density at radius 3 is 2.68 bits per heavy atom. The summed E-state index contributed by atoms with van der Waals surface area (Å²) in [6, 6.07) is 4.59. The first-order chi connectivity index (χ1) is 8.93. The summed E-state index contributed by atoms with van der Waals surface area (Å²) in [5.74, 6) is -1.50. The van der Waals surface area contributed by atoms with Crippen LogP contribution in [-0.4, -0.2) is 36.7 Å². The maximum absolute atomic E-state index is 11.0. The minimum Gasteiger partial charge on any atom is -0.481 e. The van der Waals surface area contributed by atoms with Gasteiger partial charge in [0.05, 0.1) is 23.2 Å². The first kappa shape index (κ1) is 15.3. The molecule has 0 aliphatic rings. The van der Waals surface area contributed by atoms with E-state index in [1.165, 1.54) is 19.2 Å². The van der Waals surface area contributed by atoms with Gasteiger partial charge in [-0.1, -0.05) is 11.6 Å². The number of aliphatic carboxylic acids is 1. The highest BCUT2D eigenvalue weighted by atomic mass is 35.5. The molecule has 0 heterocycles. The van der Waals surface area contributed by atoms with Crippen LogP contribution in [0, 0.1) is 0 Å². The van der Waals surface area contributed by atoms with Crippen LogP contribution in [-0.2, 0) is 9.53 Å². The standard InChI is InChI=1S/C12H15ClN2O4/c1-19-8(5-11(16)17)6-15-10-3-2-7(12(14)18)4-9(10)13/h2-4,8,15H,5-6H2,1H3,(H2,14,18)(H,16,17). The lowest BCUT2D eigenvalue weighted by molar-refractivity contribution is -0.139. The monoisotopic (exact) mass is 286 g/mol. The zero-order valence-corrected chi connectivity index (χ0v) is 11.1. The summed E-state index contributed by atoms with van der Waals surface area (Å²) in [7, 11) is 1.44. The molecule has 0 fully saturated rings. The highest BCUT2D eigenvalue weighted by molar-refractivity contribution is 6.33. The van der Waals surface area contributed by atoms with E-state index < -0.39 is 18.0 Å². The molecule has 1 aromatic rings. The van der Waals surface area contributed by atoms with Crippen molar-refractivity contribution in [2.24, 2.45) is 5.73 Å². The van der Waals surface area contributed by atoms with E-state index in [0.717, 1.165) is 0 Å². The smallest absolute Gasteiger partial charge is 0.306 e. The molecule has 0 spiro atoms. The van der Waals surface area contributed by atoms with Crippen molar-refractivity contribution < 1.29 is 19.4 Å². The topological polar surface area (TPSA) is 102 Å². The Bertz CT molecular complexity index is 479. The number of carboxylic acids is 1. The summed E-state index contributed by atoms with van der Waals surface area (Å²) in [5, 5.41) is 12.0. The largest absolute Gasteiger partial charge is 0.481 e. The van der Waals surface area contributed by atoms with E-state index in [9.17, 15) is 9.59 Å². The van der Waals surface area contributed by atoms with E-state index in [1.807, 2.05) is 0 Å². The van der Waals surface area contributed by atoms with Gasteiger partial charge in [-0.2, -0.15) is 0 Å². The van der Waals surface area contributed by atoms with Crippen LogP contribution >= 0.6 is 11.6 Å². The van der Waals surface area contributed by atoms with Crippen molar-refractivity contribution in [1.82, 2.24) is 0 Å². The third kappa shape index (κ3) is 4.76. The first-order valence-electron chi connectivity index (χ1n) is 5.52. The quantitative estimate of drug-likeness (QED) is 0.702. The number of hydrogen-bond donors (Lipinski definition) is 3. The number of nitrogens with two attached hydrogens (primary N) is 1. The lowest BCUT2D eigenvalue weighted by Crippen LogP contribution is -2.25. The summed E-state index contributed by atoms with van der Waals surface area (Å²) in [5.41, 5.74) is 6.02. The van der Waals surface area contributed by atoms with E-state index >= 15 is 0 Å². The van der Waals surface area contributed by atoms with Crippen LogP contribution in [0.4, 0.5) is 5.69 Å². The Balaban J connectivity index is 2.67. The number of carbonyl (C=O) groups excluding carboxylic acids is 1. The van der Waals surface area contributed by atoms with E-state index in [4.69, 9.17) is 27.2 Å². The van der Waals surface area contributed by atoms with Gasteiger partial charge in [0.1, 0.15) is 0 Å². The molecule has 104 valence electrons. The molecule has 1 rings (SSSR count). The molecule has 1 aromatic carbocycles. The number of benzene rings is 1. The number of amides is 1. The second-order valence-corrected chi connectivity index (χ2v) is 4.30. The van der Waals surface area contributed by atoms with Gasteiger partial charge in [-0.25, -0.2) is 0 Å². The number of anilines is 1. The summed E-state index contributed by atoms with van der Waals surface area (Å²) in [6.45, 7) is 0.290. The molecule has 0 aliphatic carbocycles. The molecule has 1 unspecified atom stereocenters. The van der Waals surface area contributed by atoms with Gasteiger partial charge in [-0.05, 0) is 18.2 Å². The van der Waals surface area contributed by atoms with Crippen LogP contribution in [0.5, 0.6) is 0 Å². The highest BCUT2D eigenvalue weighted by Crippen LogP contribution is 2.23. The molecular formula is C12H15ClN2O4. The Morgan fingerprint density at radius 2 is 2.21 bits per heavy atom. The van der Waals surface area contributed by atoms with Crippen molar-refractivity contribution in [3.05, 3.63) is 28.8 Å². The molecule has 4 N–H and O–H groups in total. The number of ether oxygens (including phenoxy) is 1. The highest BCUT2D eigenvalue weighted by Gasteiger charge is 2.13. The van der Waals surface area contributed by atoms with Crippen LogP contribution < -0.4 is 11.1 Å². The molecule has 7 heteroatoms. The zero-order chi connectivity index (χ0) is 14.4. The third-order valence-electron chi connectivity index (χ3n) is 2.51. The summed E-state index contributed by atoms with van der Waals surface area (Å²) in [6.07, 6.45) is -0.579. The molecule has 0 bridgehead atoms. The fourth-order valence-corrected chi connectivity index (χ4v) is 1.72. The molecule has 0 aliphatic heterocycles. The van der Waals surface area contributed by atoms with Crippen LogP contribution in [0.1, 0.15) is 16.8 Å². The average molecular weight is 287 g/mol. The van der Waals surface area contributed by atoms with Crippen molar-refractivity contribution in [2.45, 2.75) is 12.5 Å². The third-order valence-corrected chi connectivity index (χ3v) is 2.82. The molecule has 19 heavy (non-hydrogen) atoms. The van der Waals surface area contributed by atoms with E-state index in [-0.39, 0.29) is 6.42 Å². The van der Waals surface area contributed by atoms with Gasteiger partial charge in [-0.15, -0.1) is 0 Å². The van der Waals surface area contributed by atoms with Crippen molar-refractivity contribution in [3.63, 3.8) is 0 Å². The molecule has 6 nitrogen and oxygen atoms in total. The minimum atomic E-state index is -0.941. The normalized spacial score (nSPS) is 11.9. The summed E-state index contributed by atoms with van der Waals surface area (Å²) < 4.78 is 5.02. The minimum absolute atomic E-state index is 0.111. The van der Waals surface area contributed by atoms with Gasteiger partial charge in [0.25, 0.3) is 0 Å². The van der Waals surface area contributed by atoms with E-state index in [2.05, 4.69) is 5.32 Å². The van der Waals surface area contributed by atoms with E-state index in [0.29, 0.717) is 22.8 Å². The van der Waals surface area contributed by atoms with Crippen molar-refractivity contribution in [2.75, 3.05) is 19.0 Å². The van der Waals surface area contributed by atoms with Crippen LogP contribution in [0.3, 0.4) is 0 Å². The maximum atomic E-state index is 11.0. The zero-order valence-electron chi connectivity index (χ0n) is 10.4. The Kier molecular flexibility index (Phi) is 5.59. The lowest BCUT2D eigenvalue weighted by Gasteiger charge is -2.15. The number of nitrogens with one attached hydrogen (secondary N) is 1. The van der Waals surface area contributed by atoms with Gasteiger partial charge in [0, 0.05) is 19.2 Å². The van der Waals surface area contributed by atoms with E-state index in [1.54, 1.807) is 6.07 Å². The van der Waals surface area contributed by atoms with Crippen molar-refractivity contribution in [3.8, 4) is 0 Å². The second kappa shape index (κ2) is 6.96. The Morgan fingerprint density at radius 1 is 1.53 bits per heavy atom. The number of primary amides is 1. The SMILES string of the molecule is COC(CNc1ccc(C(N)=O)cc1Cl)CC(=O)O. The predicted octanol–water partition coefficient (Wildman–Crippen LogP) is 1.34. The molecular weight excluding hydrogens is 272 g/mol. The number of halogens is 1. The Labute approximate surface area is 115 Å². The lowest BCUT2D eigenvalue weighted by atomic mass is 10.2. The van der Waals surface area contributed by atoms with Crippen molar-refractivity contribution in [1.29, 1.82) is 0 Å². The second-order valence-electron chi connectivity index (χ2n) is 3.90. The average Bonchev–Trinajstić information content (AvgIpc) is 2.34. The molecule has 1 atom stereocenters. The van der Waals surface area contributed by atoms with Crippen LogP contribution in [0.25, 0.3) is 0 Å². The van der Waals surface area contributed by atoms with Crippen LogP contribution in [0.15, 0.2) is 18.2 Å². The predicted molar refractivity (Wildman–Crippen MR) is 71.5 cm³/mol. The first-order valence-corrected chi connectivity index (χ1v) is 5.89. The van der Waals surface area contributed by atoms with Gasteiger partial charge in [0.2, 0.25) is 5.91 Å². The van der Waals surface area contributed by atoms with Gasteiger partial charge in [0.15, 0.2) is 0 Å². The number of methoxy groups -OCH3 is 1. The Hall–Kier alpha value is -1.79. The van der Waals surface area contributed by atoms with Gasteiger partial charge >= 0.3 is 5.97 Å². The molecule has 0 saturated carbocycles. The molecule has 0 saturated heterocycles. The maximum Gasteiger partial charge on any atom is 0.306 e. The number of rotatable bonds is 7. The summed E-state index contributed by atoms with van der Waals surface area (Å²) >= 11 is 5.98.